The van der Waals surface area contributed by atoms with Gasteiger partial charge in [-0.3, -0.25) is 19.3 Å². The molecule has 1 rings (SSSR count). The lowest BCUT2D eigenvalue weighted by atomic mass is 10.2. The van der Waals surface area contributed by atoms with E-state index < -0.39 is 29.9 Å². The number of carbonyl (C=O) groups is 3. The van der Waals surface area contributed by atoms with Crippen LogP contribution in [-0.2, 0) is 14.4 Å². The smallest absolute Gasteiger partial charge is 0.257 e. The van der Waals surface area contributed by atoms with Gasteiger partial charge in [-0.2, -0.15) is 0 Å². The van der Waals surface area contributed by atoms with Gasteiger partial charge in [0.05, 0.1) is 6.17 Å². The van der Waals surface area contributed by atoms with Crippen molar-refractivity contribution in [3.8, 4) is 0 Å². The topological polar surface area (TPSA) is 92.5 Å². The van der Waals surface area contributed by atoms with E-state index in [-0.39, 0.29) is 0 Å². The Kier molecular flexibility index (Phi) is 3.44. The number of hydrogen-bond donors (Lipinski definition) is 2. The Morgan fingerprint density at radius 3 is 2.38 bits per heavy atom. The number of imide groups is 1. The molecule has 0 spiro atoms. The largest absolute Gasteiger partial charge is 0.339 e. The lowest BCUT2D eigenvalue weighted by Gasteiger charge is -2.22. The van der Waals surface area contributed by atoms with Crippen LogP contribution >= 0.6 is 0 Å². The highest BCUT2D eigenvalue weighted by Gasteiger charge is 2.35. The van der Waals surface area contributed by atoms with Gasteiger partial charge in [0.15, 0.2) is 0 Å². The zero-order chi connectivity index (χ0) is 12.5. The first kappa shape index (κ1) is 12.4. The van der Waals surface area contributed by atoms with Crippen molar-refractivity contribution in [1.29, 1.82) is 0 Å². The molecule has 0 saturated carbocycles. The van der Waals surface area contributed by atoms with E-state index in [1.807, 2.05) is 0 Å². The van der Waals surface area contributed by atoms with Crippen LogP contribution in [0.4, 0.5) is 0 Å². The van der Waals surface area contributed by atoms with Crippen LogP contribution < -0.4 is 11.1 Å². The third-order valence-corrected chi connectivity index (χ3v) is 2.27. The van der Waals surface area contributed by atoms with Crippen LogP contribution in [0.5, 0.6) is 0 Å². The number of amides is 3. The molecule has 0 radical (unpaired) electrons. The molecule has 6 nitrogen and oxygen atoms in total. The maximum Gasteiger partial charge on any atom is 0.257 e. The normalized spacial score (nSPS) is 19.5. The average Bonchev–Trinajstić information content (AvgIpc) is 2.39. The van der Waals surface area contributed by atoms with E-state index in [1.54, 1.807) is 6.92 Å². The van der Waals surface area contributed by atoms with Gasteiger partial charge in [0.25, 0.3) is 11.8 Å². The fourth-order valence-electron chi connectivity index (χ4n) is 1.44. The van der Waals surface area contributed by atoms with Crippen molar-refractivity contribution in [2.75, 3.05) is 0 Å². The summed E-state index contributed by atoms with van der Waals surface area (Å²) < 4.78 is 0. The SMILES string of the molecule is CC1=CC(=O)N(C(C)C(=O)NC(C)N)C1=O. The molecule has 0 aliphatic carbocycles. The third-order valence-electron chi connectivity index (χ3n) is 2.27. The summed E-state index contributed by atoms with van der Waals surface area (Å²) in [4.78, 5) is 35.5. The number of carbonyl (C=O) groups excluding carboxylic acids is 3. The van der Waals surface area contributed by atoms with Gasteiger partial charge in [0.2, 0.25) is 5.91 Å². The van der Waals surface area contributed by atoms with Crippen LogP contribution in [0.2, 0.25) is 0 Å². The summed E-state index contributed by atoms with van der Waals surface area (Å²) in [5.74, 6) is -1.34. The molecule has 3 amide bonds. The van der Waals surface area contributed by atoms with Gasteiger partial charge in [0.1, 0.15) is 6.04 Å². The highest BCUT2D eigenvalue weighted by molar-refractivity contribution is 6.17. The van der Waals surface area contributed by atoms with Crippen LogP contribution in [-0.4, -0.2) is 34.8 Å². The molecular weight excluding hydrogens is 210 g/mol. The van der Waals surface area contributed by atoms with Gasteiger partial charge in [-0.25, -0.2) is 0 Å². The molecule has 1 heterocycles. The van der Waals surface area contributed by atoms with E-state index in [0.717, 1.165) is 4.90 Å². The van der Waals surface area contributed by atoms with Gasteiger partial charge < -0.3 is 11.1 Å². The van der Waals surface area contributed by atoms with Crippen LogP contribution in [0, 0.1) is 0 Å². The van der Waals surface area contributed by atoms with Crippen molar-refractivity contribution in [2.45, 2.75) is 33.0 Å². The summed E-state index contributed by atoms with van der Waals surface area (Å²) in [6, 6.07) is -0.848. The summed E-state index contributed by atoms with van der Waals surface area (Å²) in [5.41, 5.74) is 5.73. The number of nitrogens with zero attached hydrogens (tertiary/aromatic N) is 1. The average molecular weight is 225 g/mol. The van der Waals surface area contributed by atoms with E-state index in [2.05, 4.69) is 5.32 Å². The van der Waals surface area contributed by atoms with E-state index in [9.17, 15) is 14.4 Å². The van der Waals surface area contributed by atoms with Crippen molar-refractivity contribution >= 4 is 17.7 Å². The molecule has 0 saturated heterocycles. The highest BCUT2D eigenvalue weighted by atomic mass is 16.2. The van der Waals surface area contributed by atoms with E-state index >= 15 is 0 Å². The molecule has 1 aliphatic heterocycles. The second-order valence-corrected chi connectivity index (χ2v) is 3.81. The lowest BCUT2D eigenvalue weighted by molar-refractivity contribution is -0.145. The Balaban J connectivity index is 2.76. The van der Waals surface area contributed by atoms with Gasteiger partial charge in [-0.1, -0.05) is 0 Å². The Morgan fingerprint density at radius 2 is 2.00 bits per heavy atom. The molecule has 2 atom stereocenters. The maximum atomic E-state index is 11.6. The first-order valence-corrected chi connectivity index (χ1v) is 4.96. The number of nitrogens with two attached hydrogens (primary N) is 1. The summed E-state index contributed by atoms with van der Waals surface area (Å²) in [6.07, 6.45) is 0.703. The summed E-state index contributed by atoms with van der Waals surface area (Å²) in [7, 11) is 0. The van der Waals surface area contributed by atoms with Crippen molar-refractivity contribution < 1.29 is 14.4 Å². The molecule has 0 aromatic rings. The third kappa shape index (κ3) is 2.27. The van der Waals surface area contributed by atoms with E-state index in [1.165, 1.54) is 19.9 Å². The standard InChI is InChI=1S/C10H15N3O3/c1-5-4-8(14)13(10(5)16)6(2)9(15)12-7(3)11/h4,6-7H,11H2,1-3H3,(H,12,15). The van der Waals surface area contributed by atoms with Crippen molar-refractivity contribution in [3.63, 3.8) is 0 Å². The summed E-state index contributed by atoms with van der Waals surface area (Å²) in [5, 5.41) is 2.44. The number of rotatable bonds is 3. The molecular formula is C10H15N3O3. The number of nitrogens with one attached hydrogen (secondary N) is 1. The predicted molar refractivity (Wildman–Crippen MR) is 56.9 cm³/mol. The van der Waals surface area contributed by atoms with Crippen LogP contribution in [0.25, 0.3) is 0 Å². The van der Waals surface area contributed by atoms with Gasteiger partial charge in [-0.15, -0.1) is 0 Å². The molecule has 0 bridgehead atoms. The Bertz CT molecular complexity index is 374. The van der Waals surface area contributed by atoms with Gasteiger partial charge >= 0.3 is 0 Å². The highest BCUT2D eigenvalue weighted by Crippen LogP contribution is 2.15. The molecule has 0 fully saturated rings. The minimum atomic E-state index is -0.848. The monoisotopic (exact) mass is 225 g/mol. The zero-order valence-corrected chi connectivity index (χ0v) is 9.48. The van der Waals surface area contributed by atoms with Crippen molar-refractivity contribution in [3.05, 3.63) is 11.6 Å². The molecule has 1 aliphatic rings. The Labute approximate surface area is 93.5 Å². The summed E-state index contributed by atoms with van der Waals surface area (Å²) in [6.45, 7) is 4.62. The number of hydrogen-bond acceptors (Lipinski definition) is 4. The van der Waals surface area contributed by atoms with E-state index in [0.29, 0.717) is 5.57 Å². The fraction of sp³-hybridized carbons (Fsp3) is 0.500. The first-order chi connectivity index (χ1) is 7.34. The van der Waals surface area contributed by atoms with Crippen LogP contribution in [0.1, 0.15) is 20.8 Å². The minimum Gasteiger partial charge on any atom is -0.339 e. The van der Waals surface area contributed by atoms with E-state index in [4.69, 9.17) is 5.73 Å². The molecule has 6 heteroatoms. The first-order valence-electron chi connectivity index (χ1n) is 4.96. The Hall–Kier alpha value is -1.69. The van der Waals surface area contributed by atoms with Crippen molar-refractivity contribution in [1.82, 2.24) is 10.2 Å². The second kappa shape index (κ2) is 4.44. The molecule has 2 unspecified atom stereocenters. The predicted octanol–water partition coefficient (Wildman–Crippen LogP) is -0.889. The fourth-order valence-corrected chi connectivity index (χ4v) is 1.44. The molecule has 0 aromatic heterocycles. The minimum absolute atomic E-state index is 0.338. The zero-order valence-electron chi connectivity index (χ0n) is 9.48. The molecule has 3 N–H and O–H groups in total. The van der Waals surface area contributed by atoms with Crippen LogP contribution in [0.3, 0.4) is 0 Å². The van der Waals surface area contributed by atoms with Gasteiger partial charge in [0, 0.05) is 11.6 Å². The Morgan fingerprint density at radius 1 is 1.44 bits per heavy atom. The quantitative estimate of drug-likeness (QED) is 0.481. The second-order valence-electron chi connectivity index (χ2n) is 3.81. The molecule has 16 heavy (non-hydrogen) atoms. The van der Waals surface area contributed by atoms with Crippen LogP contribution in [0.15, 0.2) is 11.6 Å². The maximum absolute atomic E-state index is 11.6. The molecule has 0 aromatic carbocycles. The molecule has 88 valence electrons. The van der Waals surface area contributed by atoms with Crippen molar-refractivity contribution in [2.24, 2.45) is 5.73 Å². The van der Waals surface area contributed by atoms with Gasteiger partial charge in [-0.05, 0) is 20.8 Å². The summed E-state index contributed by atoms with van der Waals surface area (Å²) >= 11 is 0. The lowest BCUT2D eigenvalue weighted by Crippen LogP contribution is -2.51.